The maximum atomic E-state index is 12.8. The molecule has 0 radical (unpaired) electrons. The number of carbonyl (C=O) groups is 2. The summed E-state index contributed by atoms with van der Waals surface area (Å²) in [4.78, 5) is 27.4. The Hall–Kier alpha value is -2.62. The van der Waals surface area contributed by atoms with Gasteiger partial charge in [0.05, 0.1) is 5.41 Å². The van der Waals surface area contributed by atoms with Crippen LogP contribution in [0.1, 0.15) is 41.3 Å². The third-order valence-corrected chi connectivity index (χ3v) is 5.13. The standard InChI is InChI=1S/C22H26N2O2/c1-17-9-11-19(12-10-17)20(25)24-14-6-13-22(2,16-24)21(26)23-15-18-7-4-3-5-8-18/h3-5,7-12H,6,13-16H2,1-2H3,(H,23,26). The van der Waals surface area contributed by atoms with Crippen molar-refractivity contribution < 1.29 is 9.59 Å². The highest BCUT2D eigenvalue weighted by Crippen LogP contribution is 2.30. The van der Waals surface area contributed by atoms with Crippen LogP contribution in [0, 0.1) is 12.3 Å². The first-order valence-electron chi connectivity index (χ1n) is 9.16. The van der Waals surface area contributed by atoms with Gasteiger partial charge < -0.3 is 10.2 Å². The van der Waals surface area contributed by atoms with Gasteiger partial charge in [0.15, 0.2) is 0 Å². The van der Waals surface area contributed by atoms with E-state index in [4.69, 9.17) is 0 Å². The van der Waals surface area contributed by atoms with Crippen molar-refractivity contribution in [1.29, 1.82) is 0 Å². The quantitative estimate of drug-likeness (QED) is 0.917. The number of nitrogens with zero attached hydrogens (tertiary/aromatic N) is 1. The summed E-state index contributed by atoms with van der Waals surface area (Å²) in [6, 6.07) is 17.5. The molecule has 4 heteroatoms. The van der Waals surface area contributed by atoms with Crippen molar-refractivity contribution in [2.24, 2.45) is 5.41 Å². The van der Waals surface area contributed by atoms with Crippen LogP contribution in [0.15, 0.2) is 54.6 Å². The van der Waals surface area contributed by atoms with Crippen LogP contribution >= 0.6 is 0 Å². The highest BCUT2D eigenvalue weighted by molar-refractivity contribution is 5.95. The van der Waals surface area contributed by atoms with E-state index in [2.05, 4.69) is 5.32 Å². The molecule has 0 spiro atoms. The average Bonchev–Trinajstić information content (AvgIpc) is 2.67. The number of aryl methyl sites for hydroxylation is 1. The molecule has 1 aliphatic rings. The number of likely N-dealkylation sites (tertiary alicyclic amines) is 1. The van der Waals surface area contributed by atoms with E-state index in [1.165, 1.54) is 0 Å². The van der Waals surface area contributed by atoms with Crippen LogP contribution in [0.25, 0.3) is 0 Å². The number of benzene rings is 2. The molecule has 1 N–H and O–H groups in total. The Morgan fingerprint density at radius 1 is 1.08 bits per heavy atom. The molecule has 136 valence electrons. The minimum absolute atomic E-state index is 0.00628. The molecule has 0 aromatic heterocycles. The zero-order valence-electron chi connectivity index (χ0n) is 15.5. The maximum Gasteiger partial charge on any atom is 0.253 e. The fraction of sp³-hybridized carbons (Fsp3) is 0.364. The van der Waals surface area contributed by atoms with E-state index in [1.807, 2.05) is 73.3 Å². The van der Waals surface area contributed by atoms with Gasteiger partial charge in [0.1, 0.15) is 0 Å². The summed E-state index contributed by atoms with van der Waals surface area (Å²) in [6.45, 7) is 5.64. The van der Waals surface area contributed by atoms with E-state index in [0.717, 1.165) is 24.0 Å². The summed E-state index contributed by atoms with van der Waals surface area (Å²) in [6.07, 6.45) is 1.64. The van der Waals surface area contributed by atoms with Gasteiger partial charge >= 0.3 is 0 Å². The Morgan fingerprint density at radius 2 is 1.77 bits per heavy atom. The molecular formula is C22H26N2O2. The Morgan fingerprint density at radius 3 is 2.46 bits per heavy atom. The van der Waals surface area contributed by atoms with Crippen molar-refractivity contribution in [1.82, 2.24) is 10.2 Å². The normalized spacial score (nSPS) is 19.8. The van der Waals surface area contributed by atoms with Crippen LogP contribution in [0.5, 0.6) is 0 Å². The van der Waals surface area contributed by atoms with Gasteiger partial charge in [-0.1, -0.05) is 48.0 Å². The van der Waals surface area contributed by atoms with Crippen LogP contribution in [0.3, 0.4) is 0 Å². The molecule has 1 saturated heterocycles. The topological polar surface area (TPSA) is 49.4 Å². The van der Waals surface area contributed by atoms with Crippen molar-refractivity contribution in [3.63, 3.8) is 0 Å². The lowest BCUT2D eigenvalue weighted by atomic mass is 9.80. The minimum Gasteiger partial charge on any atom is -0.351 e. The number of rotatable bonds is 4. The van der Waals surface area contributed by atoms with Gasteiger partial charge in [0.2, 0.25) is 5.91 Å². The van der Waals surface area contributed by atoms with Gasteiger partial charge in [0.25, 0.3) is 5.91 Å². The molecule has 2 aromatic carbocycles. The van der Waals surface area contributed by atoms with Gasteiger partial charge in [0, 0.05) is 25.2 Å². The second kappa shape index (κ2) is 7.73. The third kappa shape index (κ3) is 4.13. The molecule has 0 bridgehead atoms. The summed E-state index contributed by atoms with van der Waals surface area (Å²) >= 11 is 0. The Balaban J connectivity index is 1.64. The number of hydrogen-bond donors (Lipinski definition) is 1. The third-order valence-electron chi connectivity index (χ3n) is 5.13. The van der Waals surface area contributed by atoms with Gasteiger partial charge in [-0.15, -0.1) is 0 Å². The van der Waals surface area contributed by atoms with Gasteiger partial charge in [-0.25, -0.2) is 0 Å². The van der Waals surface area contributed by atoms with Crippen LogP contribution in [-0.2, 0) is 11.3 Å². The predicted octanol–water partition coefficient (Wildman–Crippen LogP) is 3.55. The SMILES string of the molecule is Cc1ccc(C(=O)N2CCCC(C)(C(=O)NCc3ccccc3)C2)cc1. The maximum absolute atomic E-state index is 12.8. The smallest absolute Gasteiger partial charge is 0.253 e. The zero-order valence-corrected chi connectivity index (χ0v) is 15.5. The molecule has 1 unspecified atom stereocenters. The lowest BCUT2D eigenvalue weighted by molar-refractivity contribution is -0.132. The van der Waals surface area contributed by atoms with Crippen LogP contribution < -0.4 is 5.32 Å². The van der Waals surface area contributed by atoms with E-state index in [-0.39, 0.29) is 11.8 Å². The molecule has 3 rings (SSSR count). The number of hydrogen-bond acceptors (Lipinski definition) is 2. The van der Waals surface area contributed by atoms with E-state index in [9.17, 15) is 9.59 Å². The Bertz CT molecular complexity index is 770. The summed E-state index contributed by atoms with van der Waals surface area (Å²) in [5.41, 5.74) is 2.34. The highest BCUT2D eigenvalue weighted by atomic mass is 16.2. The molecule has 2 amide bonds. The molecule has 2 aromatic rings. The first-order chi connectivity index (χ1) is 12.5. The van der Waals surface area contributed by atoms with Gasteiger partial charge in [-0.2, -0.15) is 0 Å². The van der Waals surface area contributed by atoms with Gasteiger partial charge in [-0.3, -0.25) is 9.59 Å². The van der Waals surface area contributed by atoms with Crippen molar-refractivity contribution >= 4 is 11.8 Å². The first kappa shape index (κ1) is 18.2. The average molecular weight is 350 g/mol. The molecule has 0 saturated carbocycles. The molecular weight excluding hydrogens is 324 g/mol. The summed E-state index contributed by atoms with van der Waals surface area (Å²) in [5.74, 6) is 0.0227. The van der Waals surface area contributed by atoms with Gasteiger partial charge in [-0.05, 0) is 44.4 Å². The Kier molecular flexibility index (Phi) is 5.40. The van der Waals surface area contributed by atoms with E-state index in [0.29, 0.717) is 25.2 Å². The second-order valence-electron chi connectivity index (χ2n) is 7.43. The van der Waals surface area contributed by atoms with E-state index in [1.54, 1.807) is 0 Å². The molecule has 1 aliphatic heterocycles. The minimum atomic E-state index is -0.548. The Labute approximate surface area is 155 Å². The van der Waals surface area contributed by atoms with Crippen molar-refractivity contribution in [3.8, 4) is 0 Å². The monoisotopic (exact) mass is 350 g/mol. The molecule has 26 heavy (non-hydrogen) atoms. The number of carbonyl (C=O) groups excluding carboxylic acids is 2. The summed E-state index contributed by atoms with van der Waals surface area (Å²) < 4.78 is 0. The largest absolute Gasteiger partial charge is 0.351 e. The number of nitrogens with one attached hydrogen (secondary N) is 1. The molecule has 1 heterocycles. The van der Waals surface area contributed by atoms with Crippen LogP contribution in [-0.4, -0.2) is 29.8 Å². The number of piperidine rings is 1. The molecule has 4 nitrogen and oxygen atoms in total. The summed E-state index contributed by atoms with van der Waals surface area (Å²) in [5, 5.41) is 3.04. The predicted molar refractivity (Wildman–Crippen MR) is 103 cm³/mol. The zero-order chi connectivity index (χ0) is 18.6. The fourth-order valence-electron chi connectivity index (χ4n) is 3.47. The summed E-state index contributed by atoms with van der Waals surface area (Å²) in [7, 11) is 0. The lowest BCUT2D eigenvalue weighted by Gasteiger charge is -2.39. The van der Waals surface area contributed by atoms with Crippen molar-refractivity contribution in [2.45, 2.75) is 33.2 Å². The lowest BCUT2D eigenvalue weighted by Crippen LogP contribution is -2.51. The molecule has 1 atom stereocenters. The first-order valence-corrected chi connectivity index (χ1v) is 9.16. The van der Waals surface area contributed by atoms with E-state index < -0.39 is 5.41 Å². The highest BCUT2D eigenvalue weighted by Gasteiger charge is 2.39. The second-order valence-corrected chi connectivity index (χ2v) is 7.43. The van der Waals surface area contributed by atoms with Crippen molar-refractivity contribution in [2.75, 3.05) is 13.1 Å². The van der Waals surface area contributed by atoms with Crippen LogP contribution in [0.2, 0.25) is 0 Å². The van der Waals surface area contributed by atoms with Crippen molar-refractivity contribution in [3.05, 3.63) is 71.3 Å². The fourth-order valence-corrected chi connectivity index (χ4v) is 3.47. The molecule has 0 aliphatic carbocycles. The number of amides is 2. The van der Waals surface area contributed by atoms with E-state index >= 15 is 0 Å². The van der Waals surface area contributed by atoms with Crippen LogP contribution in [0.4, 0.5) is 0 Å². The molecule has 1 fully saturated rings.